The van der Waals surface area contributed by atoms with Crippen molar-refractivity contribution in [1.29, 1.82) is 0 Å². The van der Waals surface area contributed by atoms with E-state index in [9.17, 15) is 4.79 Å². The Hall–Kier alpha value is -1.27. The minimum Gasteiger partial charge on any atom is -0.282 e. The van der Waals surface area contributed by atoms with Crippen LogP contribution in [0.15, 0.2) is 41.6 Å². The fourth-order valence-corrected chi connectivity index (χ4v) is 3.89. The Kier molecular flexibility index (Phi) is 3.38. The number of carbonyl (C=O) groups excluding carboxylic acids is 1. The number of carbonyl (C=O) groups is 1. The highest BCUT2D eigenvalue weighted by Gasteiger charge is 2.23. The molecule has 0 spiro atoms. The molecule has 0 aliphatic carbocycles. The van der Waals surface area contributed by atoms with E-state index in [1.807, 2.05) is 35.0 Å². The second kappa shape index (κ2) is 5.16. The highest BCUT2D eigenvalue weighted by atomic mass is 32.2. The largest absolute Gasteiger partial charge is 0.282 e. The first-order chi connectivity index (χ1) is 8.83. The minimum atomic E-state index is 0.129. The predicted octanol–water partition coefficient (Wildman–Crippen LogP) is 2.33. The van der Waals surface area contributed by atoms with Crippen molar-refractivity contribution in [3.63, 3.8) is 0 Å². The summed E-state index contributed by atoms with van der Waals surface area (Å²) >= 11 is 3.10. The lowest BCUT2D eigenvalue weighted by Crippen LogP contribution is -2.23. The number of nitrogens with zero attached hydrogens (tertiary/aromatic N) is 3. The third-order valence-electron chi connectivity index (χ3n) is 2.66. The molecule has 4 nitrogen and oxygen atoms in total. The topological polar surface area (TPSA) is 47.8 Å². The summed E-state index contributed by atoms with van der Waals surface area (Å²) in [6, 6.07) is 9.40. The Balaban J connectivity index is 1.67. The zero-order valence-electron chi connectivity index (χ0n) is 9.52. The number of aromatic nitrogens is 3. The maximum Gasteiger partial charge on any atom is 0.219 e. The molecule has 2 aromatic rings. The van der Waals surface area contributed by atoms with E-state index in [0.29, 0.717) is 0 Å². The molecule has 0 radical (unpaired) electrons. The predicted molar refractivity (Wildman–Crippen MR) is 72.9 cm³/mol. The van der Waals surface area contributed by atoms with E-state index in [1.54, 1.807) is 18.0 Å². The lowest BCUT2D eigenvalue weighted by molar-refractivity contribution is 0.108. The van der Waals surface area contributed by atoms with Crippen LogP contribution in [-0.2, 0) is 6.54 Å². The first kappa shape index (κ1) is 11.8. The summed E-state index contributed by atoms with van der Waals surface area (Å²) in [4.78, 5) is 12.1. The number of hydrogen-bond acceptors (Lipinski definition) is 5. The molecule has 0 bridgehead atoms. The average molecular weight is 277 g/mol. The SMILES string of the molecule is O=C(SC1CSc2cnnn2C1)c1ccccc1. The molecule has 0 amide bonds. The van der Waals surface area contributed by atoms with E-state index in [1.165, 1.54) is 11.8 Å². The second-order valence-corrected chi connectivity index (χ2v) is 6.27. The van der Waals surface area contributed by atoms with Crippen molar-refractivity contribution in [2.75, 3.05) is 5.75 Å². The zero-order chi connectivity index (χ0) is 12.4. The van der Waals surface area contributed by atoms with Crippen molar-refractivity contribution in [2.45, 2.75) is 16.8 Å². The third kappa shape index (κ3) is 2.44. The van der Waals surface area contributed by atoms with Crippen molar-refractivity contribution >= 4 is 28.6 Å². The molecule has 6 heteroatoms. The minimum absolute atomic E-state index is 0.129. The highest BCUT2D eigenvalue weighted by Crippen LogP contribution is 2.30. The molecule has 1 aromatic carbocycles. The fourth-order valence-electron chi connectivity index (χ4n) is 1.78. The summed E-state index contributed by atoms with van der Waals surface area (Å²) in [6.07, 6.45) is 1.77. The van der Waals surface area contributed by atoms with Crippen LogP contribution in [0, 0.1) is 0 Å². The number of thioether (sulfide) groups is 2. The summed E-state index contributed by atoms with van der Waals surface area (Å²) in [6.45, 7) is 0.756. The van der Waals surface area contributed by atoms with Crippen LogP contribution in [-0.4, -0.2) is 31.1 Å². The number of rotatable bonds is 2. The maximum absolute atomic E-state index is 12.1. The van der Waals surface area contributed by atoms with Gasteiger partial charge in [0.2, 0.25) is 5.12 Å². The van der Waals surface area contributed by atoms with Gasteiger partial charge >= 0.3 is 0 Å². The Bertz CT molecular complexity index is 555. The van der Waals surface area contributed by atoms with Gasteiger partial charge in [-0.25, -0.2) is 4.68 Å². The van der Waals surface area contributed by atoms with Crippen LogP contribution in [0.1, 0.15) is 10.4 Å². The van der Waals surface area contributed by atoms with E-state index >= 15 is 0 Å². The van der Waals surface area contributed by atoms with E-state index in [4.69, 9.17) is 0 Å². The van der Waals surface area contributed by atoms with Crippen molar-refractivity contribution in [3.05, 3.63) is 42.1 Å². The van der Waals surface area contributed by atoms with Crippen LogP contribution in [0.25, 0.3) is 0 Å². The molecule has 0 fully saturated rings. The molecule has 18 heavy (non-hydrogen) atoms. The standard InChI is InChI=1S/C12H11N3OS2/c16-12(9-4-2-1-3-5-9)18-10-7-15-11(17-8-10)6-13-14-15/h1-6,10H,7-8H2. The summed E-state index contributed by atoms with van der Waals surface area (Å²) < 4.78 is 1.87. The van der Waals surface area contributed by atoms with E-state index in [-0.39, 0.29) is 10.4 Å². The van der Waals surface area contributed by atoms with E-state index < -0.39 is 0 Å². The number of fused-ring (bicyclic) bond motifs is 1. The van der Waals surface area contributed by atoms with Crippen molar-refractivity contribution in [3.8, 4) is 0 Å². The first-order valence-electron chi connectivity index (χ1n) is 5.60. The Labute approximate surface area is 113 Å². The van der Waals surface area contributed by atoms with Gasteiger partial charge in [-0.05, 0) is 0 Å². The molecular weight excluding hydrogens is 266 g/mol. The van der Waals surface area contributed by atoms with Gasteiger partial charge in [-0.3, -0.25) is 4.79 Å². The van der Waals surface area contributed by atoms with Crippen LogP contribution in [0.3, 0.4) is 0 Å². The van der Waals surface area contributed by atoms with Gasteiger partial charge in [0.25, 0.3) is 0 Å². The summed E-state index contributed by atoms with van der Waals surface area (Å²) in [5, 5.41) is 9.35. The molecule has 1 aromatic heterocycles. The van der Waals surface area contributed by atoms with Crippen LogP contribution in [0.5, 0.6) is 0 Å². The molecule has 1 atom stereocenters. The number of benzene rings is 1. The van der Waals surface area contributed by atoms with Gasteiger partial charge in [-0.2, -0.15) is 0 Å². The first-order valence-corrected chi connectivity index (χ1v) is 7.47. The van der Waals surface area contributed by atoms with Gasteiger partial charge in [-0.1, -0.05) is 47.3 Å². The van der Waals surface area contributed by atoms with Gasteiger partial charge < -0.3 is 0 Å². The van der Waals surface area contributed by atoms with E-state index in [0.717, 1.165) is 22.9 Å². The Morgan fingerprint density at radius 2 is 2.22 bits per heavy atom. The van der Waals surface area contributed by atoms with Crippen LogP contribution < -0.4 is 0 Å². The van der Waals surface area contributed by atoms with Gasteiger partial charge in [0.1, 0.15) is 5.03 Å². The number of hydrogen-bond donors (Lipinski definition) is 0. The zero-order valence-corrected chi connectivity index (χ0v) is 11.2. The Morgan fingerprint density at radius 3 is 3.06 bits per heavy atom. The van der Waals surface area contributed by atoms with Gasteiger partial charge in [0.15, 0.2) is 0 Å². The summed E-state index contributed by atoms with van der Waals surface area (Å²) in [5.74, 6) is 0.927. The van der Waals surface area contributed by atoms with Gasteiger partial charge in [0.05, 0.1) is 12.7 Å². The van der Waals surface area contributed by atoms with Crippen molar-refractivity contribution < 1.29 is 4.79 Å². The van der Waals surface area contributed by atoms with Crippen LogP contribution in [0.4, 0.5) is 0 Å². The average Bonchev–Trinajstić information content (AvgIpc) is 2.87. The molecule has 0 saturated carbocycles. The van der Waals surface area contributed by atoms with E-state index in [2.05, 4.69) is 10.3 Å². The third-order valence-corrected chi connectivity index (χ3v) is 5.15. The molecule has 2 heterocycles. The summed E-state index contributed by atoms with van der Waals surface area (Å²) in [5.41, 5.74) is 0.761. The molecule has 3 rings (SSSR count). The van der Waals surface area contributed by atoms with Crippen molar-refractivity contribution in [2.24, 2.45) is 0 Å². The Morgan fingerprint density at radius 1 is 1.39 bits per heavy atom. The highest BCUT2D eigenvalue weighted by molar-refractivity contribution is 8.15. The van der Waals surface area contributed by atoms with Gasteiger partial charge in [-0.15, -0.1) is 16.9 Å². The monoisotopic (exact) mass is 277 g/mol. The summed E-state index contributed by atoms with van der Waals surface area (Å²) in [7, 11) is 0. The normalized spacial score (nSPS) is 18.3. The smallest absolute Gasteiger partial charge is 0.219 e. The second-order valence-electron chi connectivity index (χ2n) is 3.96. The van der Waals surface area contributed by atoms with Crippen LogP contribution in [0.2, 0.25) is 0 Å². The molecule has 92 valence electrons. The van der Waals surface area contributed by atoms with Crippen molar-refractivity contribution in [1.82, 2.24) is 15.0 Å². The quantitative estimate of drug-likeness (QED) is 0.843. The van der Waals surface area contributed by atoms with Crippen LogP contribution >= 0.6 is 23.5 Å². The lowest BCUT2D eigenvalue weighted by Gasteiger charge is -2.20. The molecule has 0 N–H and O–H groups in total. The molecule has 1 aliphatic heterocycles. The lowest BCUT2D eigenvalue weighted by atomic mass is 10.2. The maximum atomic E-state index is 12.1. The molecular formula is C12H11N3OS2. The molecule has 1 unspecified atom stereocenters. The fraction of sp³-hybridized carbons (Fsp3) is 0.250. The molecule has 0 saturated heterocycles. The molecule has 1 aliphatic rings. The van der Waals surface area contributed by atoms with Gasteiger partial charge in [0, 0.05) is 16.6 Å².